The van der Waals surface area contributed by atoms with Crippen molar-refractivity contribution in [2.75, 3.05) is 0 Å². The molecule has 0 unspecified atom stereocenters. The molecule has 0 aliphatic heterocycles. The second-order valence-electron chi connectivity index (χ2n) is 11.6. The number of pyridine rings is 2. The summed E-state index contributed by atoms with van der Waals surface area (Å²) in [5, 5.41) is 2.16. The zero-order valence-electron chi connectivity index (χ0n) is 25.2. The van der Waals surface area contributed by atoms with Crippen molar-refractivity contribution in [2.24, 2.45) is 0 Å². The SMILES string of the molecule is CC(C)(C)c1cc2c(cn1)nc(-c1[c-]ccc3c1oc1ccccc13)n2-c1ccccc1.[Ir].[c-]1ccccc1-c1ccccn1. The number of nitrogens with zero attached hydrogens (tertiary/aromatic N) is 4. The van der Waals surface area contributed by atoms with Crippen LogP contribution in [0.3, 0.4) is 0 Å². The molecule has 4 heterocycles. The van der Waals surface area contributed by atoms with E-state index in [9.17, 15) is 0 Å². The second-order valence-corrected chi connectivity index (χ2v) is 11.6. The van der Waals surface area contributed by atoms with E-state index in [-0.39, 0.29) is 25.5 Å². The van der Waals surface area contributed by atoms with Crippen molar-refractivity contribution in [3.05, 3.63) is 145 Å². The van der Waals surface area contributed by atoms with Crippen LogP contribution in [0.4, 0.5) is 0 Å². The summed E-state index contributed by atoms with van der Waals surface area (Å²) in [6, 6.07) is 44.8. The zero-order chi connectivity index (χ0) is 30.1. The molecule has 0 spiro atoms. The third-order valence-corrected chi connectivity index (χ3v) is 7.54. The second kappa shape index (κ2) is 12.6. The van der Waals surface area contributed by atoms with Crippen molar-refractivity contribution in [3.63, 3.8) is 0 Å². The zero-order valence-corrected chi connectivity index (χ0v) is 27.5. The Kier molecular flexibility index (Phi) is 8.44. The molecule has 8 rings (SSSR count). The van der Waals surface area contributed by atoms with Crippen molar-refractivity contribution < 1.29 is 24.5 Å². The first-order chi connectivity index (χ1) is 21.5. The summed E-state index contributed by atoms with van der Waals surface area (Å²) in [5.74, 6) is 0.795. The van der Waals surface area contributed by atoms with Gasteiger partial charge in [0, 0.05) is 48.5 Å². The Morgan fingerprint density at radius 1 is 0.733 bits per heavy atom. The van der Waals surface area contributed by atoms with E-state index in [1.807, 2.05) is 91.1 Å². The molecule has 4 aromatic carbocycles. The number of aromatic nitrogens is 4. The molecule has 45 heavy (non-hydrogen) atoms. The Balaban J connectivity index is 0.000000231. The van der Waals surface area contributed by atoms with Gasteiger partial charge in [-0.2, -0.15) is 0 Å². The Hall–Kier alpha value is -4.90. The van der Waals surface area contributed by atoms with Crippen LogP contribution in [0.15, 0.2) is 132 Å². The van der Waals surface area contributed by atoms with Gasteiger partial charge in [-0.1, -0.05) is 80.3 Å². The molecule has 223 valence electrons. The maximum Gasteiger partial charge on any atom is 0.120 e. The summed E-state index contributed by atoms with van der Waals surface area (Å²) >= 11 is 0. The molecule has 6 heteroatoms. The molecular formula is C39H30IrN4O-2. The summed E-state index contributed by atoms with van der Waals surface area (Å²) < 4.78 is 8.49. The number of furan rings is 1. The molecule has 0 amide bonds. The minimum Gasteiger partial charge on any atom is -0.501 e. The van der Waals surface area contributed by atoms with Crippen LogP contribution < -0.4 is 0 Å². The van der Waals surface area contributed by atoms with Gasteiger partial charge in [-0.15, -0.1) is 54.1 Å². The largest absolute Gasteiger partial charge is 0.501 e. The fraction of sp³-hybridized carbons (Fsp3) is 0.103. The normalized spacial score (nSPS) is 11.3. The average Bonchev–Trinajstić information content (AvgIpc) is 3.64. The van der Waals surface area contributed by atoms with Crippen LogP contribution in [0, 0.1) is 12.1 Å². The van der Waals surface area contributed by atoms with Crippen molar-refractivity contribution in [1.29, 1.82) is 0 Å². The predicted octanol–water partition coefficient (Wildman–Crippen LogP) is 9.63. The van der Waals surface area contributed by atoms with Crippen molar-refractivity contribution in [3.8, 4) is 28.3 Å². The van der Waals surface area contributed by atoms with Gasteiger partial charge < -0.3 is 14.0 Å². The van der Waals surface area contributed by atoms with Crippen molar-refractivity contribution >= 4 is 33.0 Å². The molecule has 0 aliphatic rings. The maximum atomic E-state index is 6.30. The Bertz CT molecular complexity index is 2160. The molecule has 1 radical (unpaired) electrons. The van der Waals surface area contributed by atoms with Crippen molar-refractivity contribution in [2.45, 2.75) is 26.2 Å². The first-order valence-corrected chi connectivity index (χ1v) is 14.6. The number of rotatable bonds is 3. The van der Waals surface area contributed by atoms with Gasteiger partial charge >= 0.3 is 0 Å². The molecule has 0 aliphatic carbocycles. The Labute approximate surface area is 276 Å². The fourth-order valence-corrected chi connectivity index (χ4v) is 5.33. The minimum atomic E-state index is -0.0645. The van der Waals surface area contributed by atoms with Crippen LogP contribution in [0.2, 0.25) is 0 Å². The first kappa shape index (κ1) is 30.1. The molecule has 5 nitrogen and oxygen atoms in total. The molecular weight excluding hydrogens is 733 g/mol. The third-order valence-electron chi connectivity index (χ3n) is 7.54. The number of hydrogen-bond acceptors (Lipinski definition) is 4. The third kappa shape index (κ3) is 5.95. The Morgan fingerprint density at radius 2 is 1.51 bits per heavy atom. The van der Waals surface area contributed by atoms with Crippen LogP contribution in [0.5, 0.6) is 0 Å². The van der Waals surface area contributed by atoms with Gasteiger partial charge in [0.15, 0.2) is 0 Å². The van der Waals surface area contributed by atoms with E-state index in [0.29, 0.717) is 0 Å². The summed E-state index contributed by atoms with van der Waals surface area (Å²) in [5.41, 5.74) is 8.38. The van der Waals surface area contributed by atoms with Gasteiger partial charge in [0.25, 0.3) is 0 Å². The molecule has 0 saturated carbocycles. The monoisotopic (exact) mass is 763 g/mol. The minimum absolute atomic E-state index is 0. The summed E-state index contributed by atoms with van der Waals surface area (Å²) in [6.45, 7) is 6.52. The van der Waals surface area contributed by atoms with Gasteiger partial charge in [-0.25, -0.2) is 0 Å². The number of imidazole rings is 1. The molecule has 0 saturated heterocycles. The van der Waals surface area contributed by atoms with Gasteiger partial charge in [-0.05, 0) is 36.0 Å². The molecule has 0 bridgehead atoms. The Morgan fingerprint density at radius 3 is 2.27 bits per heavy atom. The van der Waals surface area contributed by atoms with Gasteiger partial charge in [0.05, 0.1) is 28.6 Å². The molecule has 0 fully saturated rings. The van der Waals surface area contributed by atoms with Crippen LogP contribution in [0.1, 0.15) is 26.5 Å². The average molecular weight is 763 g/mol. The number of benzene rings is 4. The van der Waals surface area contributed by atoms with Gasteiger partial charge in [0.2, 0.25) is 0 Å². The summed E-state index contributed by atoms with van der Waals surface area (Å²) in [6.07, 6.45) is 3.66. The summed E-state index contributed by atoms with van der Waals surface area (Å²) in [4.78, 5) is 13.9. The van der Waals surface area contributed by atoms with Crippen LogP contribution in [0.25, 0.3) is 61.3 Å². The van der Waals surface area contributed by atoms with E-state index < -0.39 is 0 Å². The van der Waals surface area contributed by atoms with Gasteiger partial charge in [0.1, 0.15) is 5.58 Å². The standard InChI is InChI=1S/C28H22N3O.C11H8N.Ir/c1-28(2,3)25-16-23-22(17-29-25)30-27(31(23)18-10-5-4-6-11-18)21-14-9-13-20-19-12-7-8-15-24(19)32-26(20)21;1-2-6-10(7-3-1)11-8-4-5-9-12-11;/h4-13,15-17H,1-3H3;1-6,8-9H;/q2*-1;. The van der Waals surface area contributed by atoms with E-state index in [4.69, 9.17) is 14.4 Å². The first-order valence-electron chi connectivity index (χ1n) is 14.6. The van der Waals surface area contributed by atoms with E-state index in [2.05, 4.69) is 72.8 Å². The molecule has 4 aromatic heterocycles. The van der Waals surface area contributed by atoms with E-state index in [0.717, 1.165) is 67.0 Å². The topological polar surface area (TPSA) is 56.7 Å². The number of hydrogen-bond donors (Lipinski definition) is 0. The van der Waals surface area contributed by atoms with Crippen LogP contribution in [-0.4, -0.2) is 19.5 Å². The molecule has 0 atom stereocenters. The van der Waals surface area contributed by atoms with E-state index in [1.54, 1.807) is 6.20 Å². The fourth-order valence-electron chi connectivity index (χ4n) is 5.33. The molecule has 0 N–H and O–H groups in total. The molecule has 8 aromatic rings. The van der Waals surface area contributed by atoms with Gasteiger partial charge in [-0.3, -0.25) is 9.97 Å². The van der Waals surface area contributed by atoms with Crippen molar-refractivity contribution in [1.82, 2.24) is 19.5 Å². The van der Waals surface area contributed by atoms with E-state index >= 15 is 0 Å². The van der Waals surface area contributed by atoms with E-state index in [1.165, 1.54) is 0 Å². The van der Waals surface area contributed by atoms with Crippen LogP contribution in [-0.2, 0) is 25.5 Å². The smallest absolute Gasteiger partial charge is 0.120 e. The predicted molar refractivity (Wildman–Crippen MR) is 178 cm³/mol. The number of para-hydroxylation sites is 2. The number of fused-ring (bicyclic) bond motifs is 4. The van der Waals surface area contributed by atoms with Crippen LogP contribution >= 0.6 is 0 Å². The quantitative estimate of drug-likeness (QED) is 0.168. The summed E-state index contributed by atoms with van der Waals surface area (Å²) in [7, 11) is 0. The maximum absolute atomic E-state index is 6.30.